The van der Waals surface area contributed by atoms with Gasteiger partial charge in [-0.25, -0.2) is 4.79 Å². The number of amides is 1. The van der Waals surface area contributed by atoms with Crippen LogP contribution in [0.5, 0.6) is 5.75 Å². The van der Waals surface area contributed by atoms with Crippen molar-refractivity contribution in [2.45, 2.75) is 33.3 Å². The Labute approximate surface area is 88.0 Å². The maximum Gasteiger partial charge on any atom is 0.412 e. The predicted octanol–water partition coefficient (Wildman–Crippen LogP) is 2.64. The third-order valence-corrected chi connectivity index (χ3v) is 1.58. The Kier molecular flexibility index (Phi) is 2.93. The van der Waals surface area contributed by atoms with Crippen LogP contribution in [0.3, 0.4) is 0 Å². The number of rotatable bonds is 1. The highest BCUT2D eigenvalue weighted by Gasteiger charge is 2.19. The lowest BCUT2D eigenvalue weighted by Crippen LogP contribution is -2.27. The van der Waals surface area contributed by atoms with Gasteiger partial charge in [0.15, 0.2) is 5.75 Å². The molecule has 1 amide bonds. The van der Waals surface area contributed by atoms with Gasteiger partial charge in [0.1, 0.15) is 23.3 Å². The molecule has 0 unspecified atom stereocenters. The van der Waals surface area contributed by atoms with Crippen LogP contribution in [0.25, 0.3) is 0 Å². The maximum atomic E-state index is 11.3. The molecular weight excluding hydrogens is 198 g/mol. The van der Waals surface area contributed by atoms with Crippen molar-refractivity contribution in [3.8, 4) is 5.75 Å². The Morgan fingerprint density at radius 1 is 1.53 bits per heavy atom. The number of furan rings is 1. The second-order valence-electron chi connectivity index (χ2n) is 4.18. The van der Waals surface area contributed by atoms with Crippen LogP contribution < -0.4 is 5.32 Å². The second-order valence-corrected chi connectivity index (χ2v) is 4.18. The first kappa shape index (κ1) is 11.4. The minimum absolute atomic E-state index is 0.113. The highest BCUT2D eigenvalue weighted by Crippen LogP contribution is 2.29. The molecule has 0 radical (unpaired) electrons. The first-order valence-corrected chi connectivity index (χ1v) is 4.56. The summed E-state index contributed by atoms with van der Waals surface area (Å²) in [5.74, 6) is 0.316. The molecule has 1 rings (SSSR count). The van der Waals surface area contributed by atoms with Crippen molar-refractivity contribution in [2.24, 2.45) is 0 Å². The Hall–Kier alpha value is -1.65. The van der Waals surface area contributed by atoms with Crippen LogP contribution in [0.1, 0.15) is 26.5 Å². The molecule has 0 saturated carbocycles. The molecule has 0 aliphatic carbocycles. The van der Waals surface area contributed by atoms with Gasteiger partial charge in [-0.3, -0.25) is 5.32 Å². The molecule has 15 heavy (non-hydrogen) atoms. The summed E-state index contributed by atoms with van der Waals surface area (Å²) in [6.45, 7) is 6.91. The average molecular weight is 213 g/mol. The molecule has 2 N–H and O–H groups in total. The molecule has 5 heteroatoms. The van der Waals surface area contributed by atoms with Crippen molar-refractivity contribution in [2.75, 3.05) is 5.32 Å². The lowest BCUT2D eigenvalue weighted by molar-refractivity contribution is 0.0635. The fourth-order valence-electron chi connectivity index (χ4n) is 1.00. The minimum atomic E-state index is -0.623. The largest absolute Gasteiger partial charge is 0.503 e. The summed E-state index contributed by atoms with van der Waals surface area (Å²) < 4.78 is 9.92. The van der Waals surface area contributed by atoms with Gasteiger partial charge in [-0.2, -0.15) is 0 Å². The van der Waals surface area contributed by atoms with E-state index in [2.05, 4.69) is 5.32 Å². The summed E-state index contributed by atoms with van der Waals surface area (Å²) in [4.78, 5) is 11.3. The Morgan fingerprint density at radius 3 is 2.53 bits per heavy atom. The summed E-state index contributed by atoms with van der Waals surface area (Å²) in [5, 5.41) is 11.7. The summed E-state index contributed by atoms with van der Waals surface area (Å²) in [5.41, 5.74) is -0.332. The van der Waals surface area contributed by atoms with Crippen LogP contribution in [0, 0.1) is 6.92 Å². The van der Waals surface area contributed by atoms with Crippen LogP contribution in [-0.2, 0) is 4.74 Å². The number of ether oxygens (including phenoxy) is 1. The number of carbonyl (C=O) groups excluding carboxylic acids is 1. The van der Waals surface area contributed by atoms with E-state index in [0.717, 1.165) is 6.26 Å². The van der Waals surface area contributed by atoms with Crippen LogP contribution >= 0.6 is 0 Å². The van der Waals surface area contributed by atoms with Gasteiger partial charge in [-0.15, -0.1) is 0 Å². The molecular formula is C10H15NO4. The third kappa shape index (κ3) is 3.19. The number of hydrogen-bond acceptors (Lipinski definition) is 4. The van der Waals surface area contributed by atoms with Gasteiger partial charge < -0.3 is 14.3 Å². The van der Waals surface area contributed by atoms with E-state index < -0.39 is 11.7 Å². The minimum Gasteiger partial charge on any atom is -0.503 e. The van der Waals surface area contributed by atoms with Gasteiger partial charge in [-0.05, 0) is 27.7 Å². The van der Waals surface area contributed by atoms with Crippen molar-refractivity contribution in [1.82, 2.24) is 0 Å². The number of nitrogens with one attached hydrogen (secondary N) is 1. The lowest BCUT2D eigenvalue weighted by Gasteiger charge is -2.19. The predicted molar refractivity (Wildman–Crippen MR) is 55.0 cm³/mol. The van der Waals surface area contributed by atoms with Gasteiger partial charge in [0, 0.05) is 0 Å². The summed E-state index contributed by atoms with van der Waals surface area (Å²) >= 11 is 0. The molecule has 5 nitrogen and oxygen atoms in total. The molecule has 1 aromatic heterocycles. The normalized spacial score (nSPS) is 11.2. The zero-order chi connectivity index (χ0) is 11.6. The van der Waals surface area contributed by atoms with Crippen molar-refractivity contribution in [1.29, 1.82) is 0 Å². The van der Waals surface area contributed by atoms with E-state index in [4.69, 9.17) is 9.15 Å². The molecule has 0 aromatic carbocycles. The second kappa shape index (κ2) is 3.84. The van der Waals surface area contributed by atoms with Gasteiger partial charge in [0.2, 0.25) is 0 Å². The first-order chi connectivity index (χ1) is 6.79. The Morgan fingerprint density at radius 2 is 2.13 bits per heavy atom. The molecule has 1 aromatic rings. The zero-order valence-corrected chi connectivity index (χ0v) is 9.25. The highest BCUT2D eigenvalue weighted by atomic mass is 16.6. The van der Waals surface area contributed by atoms with Crippen LogP contribution in [0.15, 0.2) is 10.7 Å². The average Bonchev–Trinajstić information content (AvgIpc) is 2.32. The highest BCUT2D eigenvalue weighted by molar-refractivity contribution is 5.87. The number of carbonyl (C=O) groups is 1. The van der Waals surface area contributed by atoms with E-state index in [1.165, 1.54) is 0 Å². The smallest absolute Gasteiger partial charge is 0.412 e. The zero-order valence-electron chi connectivity index (χ0n) is 9.25. The van der Waals surface area contributed by atoms with Gasteiger partial charge >= 0.3 is 6.09 Å². The lowest BCUT2D eigenvalue weighted by atomic mass is 10.2. The maximum absolute atomic E-state index is 11.3. The monoisotopic (exact) mass is 213 g/mol. The third-order valence-electron chi connectivity index (χ3n) is 1.58. The number of anilines is 1. The van der Waals surface area contributed by atoms with Gasteiger partial charge in [0.05, 0.1) is 0 Å². The van der Waals surface area contributed by atoms with E-state index >= 15 is 0 Å². The summed E-state index contributed by atoms with van der Waals surface area (Å²) in [6, 6.07) is 0. The standard InChI is InChI=1S/C10H15NO4/c1-6-8(7(12)5-14-6)11-9(13)15-10(2,3)4/h5,12H,1-4H3,(H,11,13). The van der Waals surface area contributed by atoms with Crippen molar-refractivity contribution in [3.05, 3.63) is 12.0 Å². The van der Waals surface area contributed by atoms with Crippen LogP contribution in [0.4, 0.5) is 10.5 Å². The SMILES string of the molecule is Cc1occ(O)c1NC(=O)OC(C)(C)C. The van der Waals surface area contributed by atoms with E-state index in [1.54, 1.807) is 27.7 Å². The van der Waals surface area contributed by atoms with Crippen LogP contribution in [-0.4, -0.2) is 16.8 Å². The van der Waals surface area contributed by atoms with E-state index in [-0.39, 0.29) is 11.4 Å². The molecule has 0 spiro atoms. The van der Waals surface area contributed by atoms with Gasteiger partial charge in [0.25, 0.3) is 0 Å². The van der Waals surface area contributed by atoms with Crippen molar-refractivity contribution in [3.63, 3.8) is 0 Å². The fourth-order valence-corrected chi connectivity index (χ4v) is 1.00. The van der Waals surface area contributed by atoms with E-state index in [1.807, 2.05) is 0 Å². The topological polar surface area (TPSA) is 71.7 Å². The Bertz CT molecular complexity index is 342. The molecule has 0 bridgehead atoms. The molecule has 0 fully saturated rings. The quantitative estimate of drug-likeness (QED) is 0.752. The molecule has 0 atom stereocenters. The van der Waals surface area contributed by atoms with Crippen molar-refractivity contribution < 1.29 is 19.1 Å². The van der Waals surface area contributed by atoms with E-state index in [0.29, 0.717) is 5.76 Å². The Balaban J connectivity index is 2.67. The number of aryl methyl sites for hydroxylation is 1. The molecule has 0 aliphatic rings. The number of hydrogen-bond donors (Lipinski definition) is 2. The molecule has 84 valence electrons. The van der Waals surface area contributed by atoms with Gasteiger partial charge in [-0.1, -0.05) is 0 Å². The van der Waals surface area contributed by atoms with Crippen LogP contribution in [0.2, 0.25) is 0 Å². The first-order valence-electron chi connectivity index (χ1n) is 4.56. The molecule has 0 aliphatic heterocycles. The molecule has 0 saturated heterocycles. The summed E-state index contributed by atoms with van der Waals surface area (Å²) in [6.07, 6.45) is 0.532. The van der Waals surface area contributed by atoms with E-state index in [9.17, 15) is 9.90 Å². The van der Waals surface area contributed by atoms with Crippen molar-refractivity contribution >= 4 is 11.8 Å². The number of aromatic hydroxyl groups is 1. The fraction of sp³-hybridized carbons (Fsp3) is 0.500. The molecule has 1 heterocycles. The summed E-state index contributed by atoms with van der Waals surface area (Å²) in [7, 11) is 0.